The van der Waals surface area contributed by atoms with Gasteiger partial charge in [0.2, 0.25) is 11.8 Å². The minimum atomic E-state index is -0.0208. The smallest absolute Gasteiger partial charge is 0.242 e. The van der Waals surface area contributed by atoms with Crippen molar-refractivity contribution in [1.29, 1.82) is 0 Å². The highest BCUT2D eigenvalue weighted by Gasteiger charge is 2.18. The number of fused-ring (bicyclic) bond motifs is 1. The van der Waals surface area contributed by atoms with Crippen molar-refractivity contribution in [2.24, 2.45) is 0 Å². The summed E-state index contributed by atoms with van der Waals surface area (Å²) in [6.45, 7) is 8.18. The number of rotatable bonds is 6. The Bertz CT molecular complexity index is 1140. The molecule has 1 aromatic heterocycles. The molecule has 1 fully saturated rings. The Kier molecular flexibility index (Phi) is 7.43. The van der Waals surface area contributed by atoms with E-state index in [1.54, 1.807) is 0 Å². The van der Waals surface area contributed by atoms with E-state index in [1.807, 2.05) is 47.7 Å². The van der Waals surface area contributed by atoms with Gasteiger partial charge in [-0.25, -0.2) is 0 Å². The number of likely N-dealkylation sites (tertiary alicyclic amines) is 1. The van der Waals surface area contributed by atoms with Crippen LogP contribution in [0.5, 0.6) is 0 Å². The second kappa shape index (κ2) is 10.5. The van der Waals surface area contributed by atoms with Crippen molar-refractivity contribution >= 4 is 40.2 Å². The van der Waals surface area contributed by atoms with Gasteiger partial charge in [-0.1, -0.05) is 48.7 Å². The van der Waals surface area contributed by atoms with E-state index in [-0.39, 0.29) is 11.8 Å². The quantitative estimate of drug-likeness (QED) is 0.477. The molecule has 174 valence electrons. The third-order valence-electron chi connectivity index (χ3n) is 6.32. The Labute approximate surface area is 200 Å². The lowest BCUT2D eigenvalue weighted by Gasteiger charge is -2.20. The Morgan fingerprint density at radius 1 is 0.970 bits per heavy atom. The maximum atomic E-state index is 13.0. The fraction of sp³-hybridized carbons (Fsp3) is 0.407. The molecule has 2 aromatic carbocycles. The number of aromatic nitrogens is 1. The van der Waals surface area contributed by atoms with Crippen molar-refractivity contribution in [1.82, 2.24) is 9.47 Å². The van der Waals surface area contributed by atoms with Crippen LogP contribution in [0.2, 0.25) is 0 Å². The van der Waals surface area contributed by atoms with E-state index in [4.69, 9.17) is 0 Å². The first-order valence-corrected chi connectivity index (χ1v) is 12.8. The number of anilines is 1. The van der Waals surface area contributed by atoms with Gasteiger partial charge < -0.3 is 14.8 Å². The predicted octanol–water partition coefficient (Wildman–Crippen LogP) is 5.70. The van der Waals surface area contributed by atoms with E-state index in [9.17, 15) is 9.59 Å². The highest BCUT2D eigenvalue weighted by atomic mass is 32.2. The van der Waals surface area contributed by atoms with Gasteiger partial charge in [0, 0.05) is 40.8 Å². The van der Waals surface area contributed by atoms with Gasteiger partial charge in [-0.05, 0) is 50.8 Å². The summed E-state index contributed by atoms with van der Waals surface area (Å²) in [5.41, 5.74) is 5.29. The van der Waals surface area contributed by atoms with Crippen LogP contribution in [-0.2, 0) is 16.1 Å². The van der Waals surface area contributed by atoms with Crippen molar-refractivity contribution in [3.8, 4) is 0 Å². The molecule has 0 aliphatic carbocycles. The van der Waals surface area contributed by atoms with Crippen molar-refractivity contribution in [2.45, 2.75) is 57.9 Å². The van der Waals surface area contributed by atoms with Gasteiger partial charge in [-0.15, -0.1) is 11.8 Å². The molecule has 0 unspecified atom stereocenters. The van der Waals surface area contributed by atoms with Gasteiger partial charge in [0.25, 0.3) is 0 Å². The number of benzene rings is 2. The number of nitrogens with one attached hydrogen (secondary N) is 1. The summed E-state index contributed by atoms with van der Waals surface area (Å²) in [7, 11) is 0. The van der Waals surface area contributed by atoms with Crippen LogP contribution in [0, 0.1) is 20.8 Å². The van der Waals surface area contributed by atoms with Crippen molar-refractivity contribution in [2.75, 3.05) is 24.2 Å². The zero-order valence-corrected chi connectivity index (χ0v) is 20.6. The SMILES string of the molecule is Cc1cc(C)c(NC(=O)CSc2cn(CC(=O)N3CCCCCC3)c3ccccc23)c(C)c1. The van der Waals surface area contributed by atoms with Gasteiger partial charge in [0.1, 0.15) is 6.54 Å². The molecule has 0 atom stereocenters. The standard InChI is InChI=1S/C27H33N3O2S/c1-19-14-20(2)27(21(3)15-19)28-25(31)18-33-24-16-30(23-11-7-6-10-22(23)24)17-26(32)29-12-8-4-5-9-13-29/h6-7,10-11,14-16H,4-5,8-9,12-13,17-18H2,1-3H3,(H,28,31). The molecule has 0 bridgehead atoms. The van der Waals surface area contributed by atoms with Crippen LogP contribution in [0.4, 0.5) is 5.69 Å². The fourth-order valence-corrected chi connectivity index (χ4v) is 5.61. The van der Waals surface area contributed by atoms with E-state index in [0.717, 1.165) is 58.5 Å². The van der Waals surface area contributed by atoms with Crippen LogP contribution >= 0.6 is 11.8 Å². The Morgan fingerprint density at radius 2 is 1.64 bits per heavy atom. The van der Waals surface area contributed by atoms with Crippen molar-refractivity contribution < 1.29 is 9.59 Å². The average molecular weight is 464 g/mol. The summed E-state index contributed by atoms with van der Waals surface area (Å²) < 4.78 is 2.04. The Balaban J connectivity index is 1.46. The molecule has 2 heterocycles. The van der Waals surface area contributed by atoms with Crippen molar-refractivity contribution in [3.05, 3.63) is 59.3 Å². The van der Waals surface area contributed by atoms with Crippen LogP contribution in [0.15, 0.2) is 47.5 Å². The molecule has 5 nitrogen and oxygen atoms in total. The summed E-state index contributed by atoms with van der Waals surface area (Å²) >= 11 is 1.52. The number of nitrogens with zero attached hydrogens (tertiary/aromatic N) is 2. The molecular formula is C27H33N3O2S. The molecule has 0 radical (unpaired) electrons. The number of para-hydroxylation sites is 1. The number of carbonyl (C=O) groups is 2. The molecule has 0 spiro atoms. The van der Waals surface area contributed by atoms with E-state index < -0.39 is 0 Å². The summed E-state index contributed by atoms with van der Waals surface area (Å²) in [6, 6.07) is 12.3. The summed E-state index contributed by atoms with van der Waals surface area (Å²) in [5, 5.41) is 4.17. The Morgan fingerprint density at radius 3 is 2.33 bits per heavy atom. The number of aryl methyl sites for hydroxylation is 3. The van der Waals surface area contributed by atoms with Gasteiger partial charge in [-0.3, -0.25) is 9.59 Å². The normalized spacial score (nSPS) is 14.3. The molecule has 1 N–H and O–H groups in total. The molecule has 1 saturated heterocycles. The topological polar surface area (TPSA) is 54.3 Å². The minimum Gasteiger partial charge on any atom is -0.341 e. The summed E-state index contributed by atoms with van der Waals surface area (Å²) in [5.74, 6) is 0.477. The first-order chi connectivity index (χ1) is 15.9. The lowest BCUT2D eigenvalue weighted by Crippen LogP contribution is -2.34. The second-order valence-corrected chi connectivity index (χ2v) is 10.1. The minimum absolute atomic E-state index is 0.0208. The molecule has 3 aromatic rings. The highest BCUT2D eigenvalue weighted by Crippen LogP contribution is 2.31. The van der Waals surface area contributed by atoms with Gasteiger partial charge in [0.15, 0.2) is 0 Å². The monoisotopic (exact) mass is 463 g/mol. The van der Waals surface area contributed by atoms with Crippen LogP contribution in [0.25, 0.3) is 10.9 Å². The third kappa shape index (κ3) is 5.61. The maximum Gasteiger partial charge on any atom is 0.242 e. The molecule has 1 aliphatic rings. The highest BCUT2D eigenvalue weighted by molar-refractivity contribution is 8.00. The summed E-state index contributed by atoms with van der Waals surface area (Å²) in [4.78, 5) is 28.7. The van der Waals surface area contributed by atoms with E-state index >= 15 is 0 Å². The van der Waals surface area contributed by atoms with Crippen LogP contribution in [-0.4, -0.2) is 40.1 Å². The molecule has 2 amide bonds. The zero-order chi connectivity index (χ0) is 23.4. The van der Waals surface area contributed by atoms with Gasteiger partial charge in [-0.2, -0.15) is 0 Å². The van der Waals surface area contributed by atoms with Crippen molar-refractivity contribution in [3.63, 3.8) is 0 Å². The van der Waals surface area contributed by atoms with Crippen LogP contribution in [0.3, 0.4) is 0 Å². The lowest BCUT2D eigenvalue weighted by atomic mass is 10.1. The largest absolute Gasteiger partial charge is 0.341 e. The van der Waals surface area contributed by atoms with E-state index in [1.165, 1.54) is 30.2 Å². The molecule has 4 rings (SSSR count). The predicted molar refractivity (Wildman–Crippen MR) is 137 cm³/mol. The third-order valence-corrected chi connectivity index (χ3v) is 7.36. The summed E-state index contributed by atoms with van der Waals surface area (Å²) in [6.07, 6.45) is 6.63. The number of amides is 2. The van der Waals surface area contributed by atoms with E-state index in [2.05, 4.69) is 30.4 Å². The lowest BCUT2D eigenvalue weighted by molar-refractivity contribution is -0.131. The Hall–Kier alpha value is -2.73. The maximum absolute atomic E-state index is 13.0. The van der Waals surface area contributed by atoms with Crippen LogP contribution < -0.4 is 5.32 Å². The molecule has 6 heteroatoms. The first-order valence-electron chi connectivity index (χ1n) is 11.8. The number of hydrogen-bond acceptors (Lipinski definition) is 3. The van der Waals surface area contributed by atoms with Gasteiger partial charge in [0.05, 0.1) is 5.75 Å². The first kappa shape index (κ1) is 23.4. The number of carbonyl (C=O) groups excluding carboxylic acids is 2. The number of thioether (sulfide) groups is 1. The molecule has 1 aliphatic heterocycles. The van der Waals surface area contributed by atoms with Gasteiger partial charge >= 0.3 is 0 Å². The average Bonchev–Trinajstić information content (AvgIpc) is 2.94. The fourth-order valence-electron chi connectivity index (χ4n) is 4.72. The molecule has 33 heavy (non-hydrogen) atoms. The molecular weight excluding hydrogens is 430 g/mol. The molecule has 0 saturated carbocycles. The second-order valence-electron chi connectivity index (χ2n) is 9.04. The van der Waals surface area contributed by atoms with Crippen LogP contribution in [0.1, 0.15) is 42.4 Å². The zero-order valence-electron chi connectivity index (χ0n) is 19.8. The number of hydrogen-bond donors (Lipinski definition) is 1. The van der Waals surface area contributed by atoms with E-state index in [0.29, 0.717) is 12.3 Å².